The molecule has 1 spiro atoms. The van der Waals surface area contributed by atoms with Crippen LogP contribution in [0.25, 0.3) is 5.57 Å². The van der Waals surface area contributed by atoms with Crippen LogP contribution < -0.4 is 0 Å². The molecule has 90 valence electrons. The van der Waals surface area contributed by atoms with E-state index in [4.69, 9.17) is 0 Å². The van der Waals surface area contributed by atoms with E-state index in [-0.39, 0.29) is 0 Å². The molecular weight excluding hydrogens is 232 g/mol. The Hall–Kier alpha value is -1.09. The first kappa shape index (κ1) is 11.0. The molecule has 3 rings (SSSR count). The average molecular weight is 248 g/mol. The van der Waals surface area contributed by atoms with Crippen molar-refractivity contribution in [3.8, 4) is 0 Å². The molecule has 1 aromatic carbocycles. The molecule has 1 fully saturated rings. The molecule has 0 saturated heterocycles. The maximum atomic E-state index is 11.4. The summed E-state index contributed by atoms with van der Waals surface area (Å²) in [5, 5.41) is 0. The number of sulfone groups is 1. The lowest BCUT2D eigenvalue weighted by Gasteiger charge is -2.07. The molecule has 0 N–H and O–H groups in total. The minimum atomic E-state index is -3.07. The zero-order valence-corrected chi connectivity index (χ0v) is 10.8. The van der Waals surface area contributed by atoms with E-state index < -0.39 is 9.84 Å². The molecule has 3 heteroatoms. The Bertz CT molecular complexity index is 575. The van der Waals surface area contributed by atoms with E-state index in [1.807, 2.05) is 12.1 Å². The van der Waals surface area contributed by atoms with Gasteiger partial charge in [-0.2, -0.15) is 0 Å². The van der Waals surface area contributed by atoms with Gasteiger partial charge in [0.2, 0.25) is 0 Å². The van der Waals surface area contributed by atoms with E-state index in [0.717, 1.165) is 0 Å². The van der Waals surface area contributed by atoms with Gasteiger partial charge in [0.15, 0.2) is 9.84 Å². The van der Waals surface area contributed by atoms with E-state index >= 15 is 0 Å². The molecule has 1 aromatic rings. The third-order valence-electron chi connectivity index (χ3n) is 3.96. The lowest BCUT2D eigenvalue weighted by molar-refractivity contribution is 0.563. The van der Waals surface area contributed by atoms with Crippen molar-refractivity contribution < 1.29 is 8.42 Å². The van der Waals surface area contributed by atoms with Gasteiger partial charge in [0.25, 0.3) is 0 Å². The quantitative estimate of drug-likeness (QED) is 0.806. The van der Waals surface area contributed by atoms with Gasteiger partial charge in [-0.25, -0.2) is 8.42 Å². The zero-order valence-electron chi connectivity index (χ0n) is 9.94. The highest BCUT2D eigenvalue weighted by Gasteiger charge is 2.44. The number of hydrogen-bond acceptors (Lipinski definition) is 2. The van der Waals surface area contributed by atoms with E-state index in [0.29, 0.717) is 10.3 Å². The third-order valence-corrected chi connectivity index (χ3v) is 5.09. The Kier molecular flexibility index (Phi) is 2.24. The van der Waals surface area contributed by atoms with E-state index in [2.05, 4.69) is 6.08 Å². The summed E-state index contributed by atoms with van der Waals surface area (Å²) in [5.41, 5.74) is 3.16. The largest absolute Gasteiger partial charge is 0.224 e. The van der Waals surface area contributed by atoms with Gasteiger partial charge in [-0.05, 0) is 54.4 Å². The van der Waals surface area contributed by atoms with Gasteiger partial charge >= 0.3 is 0 Å². The van der Waals surface area contributed by atoms with Crippen molar-refractivity contribution in [2.24, 2.45) is 5.41 Å². The molecule has 2 aliphatic rings. The summed E-state index contributed by atoms with van der Waals surface area (Å²) < 4.78 is 22.7. The monoisotopic (exact) mass is 248 g/mol. The topological polar surface area (TPSA) is 34.1 Å². The minimum absolute atomic E-state index is 0.404. The summed E-state index contributed by atoms with van der Waals surface area (Å²) in [4.78, 5) is 0.404. The van der Waals surface area contributed by atoms with Crippen molar-refractivity contribution in [3.63, 3.8) is 0 Å². The fourth-order valence-corrected chi connectivity index (χ4v) is 3.21. The van der Waals surface area contributed by atoms with Crippen LogP contribution in [-0.4, -0.2) is 14.7 Å². The van der Waals surface area contributed by atoms with Crippen LogP contribution in [-0.2, 0) is 9.84 Å². The predicted molar refractivity (Wildman–Crippen MR) is 68.4 cm³/mol. The van der Waals surface area contributed by atoms with E-state index in [1.165, 1.54) is 43.1 Å². The molecule has 0 radical (unpaired) electrons. The van der Waals surface area contributed by atoms with Crippen molar-refractivity contribution in [1.82, 2.24) is 0 Å². The summed E-state index contributed by atoms with van der Waals surface area (Å²) in [6, 6.07) is 7.29. The van der Waals surface area contributed by atoms with Gasteiger partial charge in [0.1, 0.15) is 0 Å². The van der Waals surface area contributed by atoms with Crippen molar-refractivity contribution in [2.75, 3.05) is 6.26 Å². The molecule has 0 aliphatic heterocycles. The highest BCUT2D eigenvalue weighted by Crippen LogP contribution is 2.58. The Labute approximate surface area is 102 Å². The van der Waals surface area contributed by atoms with Crippen LogP contribution >= 0.6 is 0 Å². The van der Waals surface area contributed by atoms with Crippen LogP contribution in [0.15, 0.2) is 35.2 Å². The molecule has 0 bridgehead atoms. The first-order valence-electron chi connectivity index (χ1n) is 5.98. The molecule has 0 aromatic heterocycles. The average Bonchev–Trinajstić information content (AvgIpc) is 2.88. The lowest BCUT2D eigenvalue weighted by atomic mass is 9.99. The highest BCUT2D eigenvalue weighted by molar-refractivity contribution is 7.90. The molecule has 2 aliphatic carbocycles. The Balaban J connectivity index is 1.86. The van der Waals surface area contributed by atoms with Crippen molar-refractivity contribution >= 4 is 15.4 Å². The zero-order chi connectivity index (χ0) is 12.1. The first-order chi connectivity index (χ1) is 7.99. The molecular formula is C14H16O2S. The summed E-state index contributed by atoms with van der Waals surface area (Å²) in [6.07, 6.45) is 8.66. The molecule has 1 saturated carbocycles. The van der Waals surface area contributed by atoms with Crippen LogP contribution in [0, 0.1) is 5.41 Å². The minimum Gasteiger partial charge on any atom is -0.224 e. The fourth-order valence-electron chi connectivity index (χ4n) is 2.58. The second-order valence-electron chi connectivity index (χ2n) is 5.41. The van der Waals surface area contributed by atoms with E-state index in [1.54, 1.807) is 12.1 Å². The predicted octanol–water partition coefficient (Wildman–Crippen LogP) is 3.05. The highest BCUT2D eigenvalue weighted by atomic mass is 32.2. The third kappa shape index (κ3) is 2.04. The van der Waals surface area contributed by atoms with Crippen LogP contribution in [0.2, 0.25) is 0 Å². The maximum absolute atomic E-state index is 11.4. The lowest BCUT2D eigenvalue weighted by Crippen LogP contribution is -1.97. The first-order valence-corrected chi connectivity index (χ1v) is 7.87. The van der Waals surface area contributed by atoms with Gasteiger partial charge < -0.3 is 0 Å². The van der Waals surface area contributed by atoms with Crippen LogP contribution in [0.5, 0.6) is 0 Å². The molecule has 2 nitrogen and oxygen atoms in total. The number of allylic oxidation sites excluding steroid dienone is 2. The second kappa shape index (κ2) is 3.45. The molecule has 0 amide bonds. The number of rotatable bonds is 2. The Morgan fingerprint density at radius 3 is 2.24 bits per heavy atom. The van der Waals surface area contributed by atoms with Crippen molar-refractivity contribution in [2.45, 2.75) is 30.6 Å². The number of hydrogen-bond donors (Lipinski definition) is 0. The standard InChI is InChI=1S/C14H16O2S/c1-17(15,16)13-4-2-11(3-5-13)12-6-7-14(10-12)8-9-14/h2-6H,7-10H2,1H3. The summed E-state index contributed by atoms with van der Waals surface area (Å²) in [5.74, 6) is 0. The Morgan fingerprint density at radius 2 is 1.76 bits per heavy atom. The molecule has 0 heterocycles. The second-order valence-corrected chi connectivity index (χ2v) is 7.42. The SMILES string of the molecule is CS(=O)(=O)c1ccc(C2=CCC3(CC3)C2)cc1. The van der Waals surface area contributed by atoms with Crippen LogP contribution in [0.1, 0.15) is 31.2 Å². The van der Waals surface area contributed by atoms with Crippen LogP contribution in [0.3, 0.4) is 0 Å². The van der Waals surface area contributed by atoms with E-state index in [9.17, 15) is 8.42 Å². The van der Waals surface area contributed by atoms with Gasteiger partial charge in [0.05, 0.1) is 4.90 Å². The normalized spacial score (nSPS) is 21.6. The van der Waals surface area contributed by atoms with Crippen molar-refractivity contribution in [1.29, 1.82) is 0 Å². The molecule has 0 atom stereocenters. The van der Waals surface area contributed by atoms with Crippen LogP contribution in [0.4, 0.5) is 0 Å². The molecule has 17 heavy (non-hydrogen) atoms. The summed E-state index contributed by atoms with van der Waals surface area (Å²) in [6.45, 7) is 0. The summed E-state index contributed by atoms with van der Waals surface area (Å²) in [7, 11) is -3.07. The smallest absolute Gasteiger partial charge is 0.175 e. The van der Waals surface area contributed by atoms with Gasteiger partial charge in [-0.3, -0.25) is 0 Å². The summed E-state index contributed by atoms with van der Waals surface area (Å²) >= 11 is 0. The van der Waals surface area contributed by atoms with Gasteiger partial charge in [0, 0.05) is 6.26 Å². The Morgan fingerprint density at radius 1 is 1.12 bits per heavy atom. The van der Waals surface area contributed by atoms with Gasteiger partial charge in [-0.15, -0.1) is 0 Å². The maximum Gasteiger partial charge on any atom is 0.175 e. The molecule has 0 unspecified atom stereocenters. The van der Waals surface area contributed by atoms with Crippen molar-refractivity contribution in [3.05, 3.63) is 35.9 Å². The number of benzene rings is 1. The fraction of sp³-hybridized carbons (Fsp3) is 0.429. The van der Waals surface area contributed by atoms with Gasteiger partial charge in [-0.1, -0.05) is 18.2 Å².